The Morgan fingerprint density at radius 1 is 1.48 bits per heavy atom. The van der Waals surface area contributed by atoms with Crippen molar-refractivity contribution < 1.29 is 9.47 Å². The molecule has 1 saturated heterocycles. The smallest absolute Gasteiger partial charge is 0.122 e. The third-order valence-corrected chi connectivity index (χ3v) is 4.27. The van der Waals surface area contributed by atoms with E-state index >= 15 is 0 Å². The molecule has 1 heterocycles. The Balaban J connectivity index is 2.03. The van der Waals surface area contributed by atoms with Gasteiger partial charge in [-0.25, -0.2) is 0 Å². The Morgan fingerprint density at radius 3 is 2.90 bits per heavy atom. The minimum absolute atomic E-state index is 0.0461. The zero-order chi connectivity index (χ0) is 15.4. The molecule has 0 spiro atoms. The number of methoxy groups -OCH3 is 1. The van der Waals surface area contributed by atoms with Gasteiger partial charge in [0.1, 0.15) is 5.75 Å². The Labute approximate surface area is 132 Å². The first kappa shape index (κ1) is 16.6. The van der Waals surface area contributed by atoms with E-state index in [0.29, 0.717) is 17.5 Å². The summed E-state index contributed by atoms with van der Waals surface area (Å²) in [6.45, 7) is 6.99. The van der Waals surface area contributed by atoms with Crippen LogP contribution in [0.1, 0.15) is 19.4 Å². The Bertz CT molecular complexity index is 468. The van der Waals surface area contributed by atoms with Crippen molar-refractivity contribution in [2.45, 2.75) is 38.5 Å². The monoisotopic (exact) mass is 312 g/mol. The van der Waals surface area contributed by atoms with Crippen LogP contribution in [0.25, 0.3) is 0 Å². The van der Waals surface area contributed by atoms with Crippen LogP contribution < -0.4 is 10.5 Å². The molecular weight excluding hydrogens is 288 g/mol. The highest BCUT2D eigenvalue weighted by molar-refractivity contribution is 6.30. The lowest BCUT2D eigenvalue weighted by Crippen LogP contribution is -2.53. The van der Waals surface area contributed by atoms with Gasteiger partial charge in [0.05, 0.1) is 19.8 Å². The van der Waals surface area contributed by atoms with Crippen LogP contribution >= 0.6 is 11.6 Å². The van der Waals surface area contributed by atoms with Gasteiger partial charge in [0.15, 0.2) is 0 Å². The van der Waals surface area contributed by atoms with Crippen molar-refractivity contribution in [3.8, 4) is 5.75 Å². The van der Waals surface area contributed by atoms with Crippen LogP contribution in [0.4, 0.5) is 0 Å². The number of hydrogen-bond acceptors (Lipinski definition) is 4. The quantitative estimate of drug-likeness (QED) is 0.906. The molecule has 118 valence electrons. The van der Waals surface area contributed by atoms with Gasteiger partial charge in [-0.05, 0) is 44.0 Å². The van der Waals surface area contributed by atoms with Crippen LogP contribution in [0, 0.1) is 0 Å². The topological polar surface area (TPSA) is 47.7 Å². The second kappa shape index (κ2) is 7.45. The standard InChI is InChI=1S/C16H25ClN2O2/c1-11(2)19-6-7-21-16(10-19)14(18)9-12-8-13(17)4-5-15(12)20-3/h4-5,8,11,14,16H,6-7,9-10,18H2,1-3H3. The highest BCUT2D eigenvalue weighted by Crippen LogP contribution is 2.25. The van der Waals surface area contributed by atoms with Crippen LogP contribution in [-0.2, 0) is 11.2 Å². The maximum atomic E-state index is 6.37. The molecule has 0 amide bonds. The van der Waals surface area contributed by atoms with E-state index in [1.54, 1.807) is 7.11 Å². The molecule has 0 radical (unpaired) electrons. The maximum Gasteiger partial charge on any atom is 0.122 e. The van der Waals surface area contributed by atoms with Crippen molar-refractivity contribution >= 4 is 11.6 Å². The average Bonchev–Trinajstić information content (AvgIpc) is 2.47. The number of rotatable bonds is 5. The number of ether oxygens (including phenoxy) is 2. The summed E-state index contributed by atoms with van der Waals surface area (Å²) in [7, 11) is 1.66. The molecule has 0 bridgehead atoms. The molecule has 1 aromatic rings. The molecule has 2 N–H and O–H groups in total. The van der Waals surface area contributed by atoms with Crippen molar-refractivity contribution in [1.82, 2.24) is 4.90 Å². The number of benzene rings is 1. The Morgan fingerprint density at radius 2 is 2.24 bits per heavy atom. The van der Waals surface area contributed by atoms with Gasteiger partial charge in [0, 0.05) is 30.2 Å². The summed E-state index contributed by atoms with van der Waals surface area (Å²) in [5.74, 6) is 0.825. The van der Waals surface area contributed by atoms with E-state index in [2.05, 4.69) is 18.7 Å². The first-order valence-electron chi connectivity index (χ1n) is 7.45. The molecule has 5 heteroatoms. The Kier molecular flexibility index (Phi) is 5.88. The normalized spacial score (nSPS) is 21.5. The molecule has 0 aromatic heterocycles. The predicted molar refractivity (Wildman–Crippen MR) is 86.1 cm³/mol. The van der Waals surface area contributed by atoms with Gasteiger partial charge in [0.25, 0.3) is 0 Å². The third-order valence-electron chi connectivity index (χ3n) is 4.03. The average molecular weight is 313 g/mol. The maximum absolute atomic E-state index is 6.37. The molecule has 1 fully saturated rings. The van der Waals surface area contributed by atoms with E-state index in [0.717, 1.165) is 31.0 Å². The van der Waals surface area contributed by atoms with E-state index in [1.807, 2.05) is 18.2 Å². The highest BCUT2D eigenvalue weighted by atomic mass is 35.5. The lowest BCUT2D eigenvalue weighted by Gasteiger charge is -2.38. The fourth-order valence-corrected chi connectivity index (χ4v) is 2.91. The van der Waals surface area contributed by atoms with Crippen molar-refractivity contribution in [3.05, 3.63) is 28.8 Å². The summed E-state index contributed by atoms with van der Waals surface area (Å²) in [6.07, 6.45) is 0.741. The highest BCUT2D eigenvalue weighted by Gasteiger charge is 2.27. The molecule has 1 aliphatic heterocycles. The lowest BCUT2D eigenvalue weighted by atomic mass is 9.99. The van der Waals surface area contributed by atoms with Crippen LogP contribution in [0.15, 0.2) is 18.2 Å². The summed E-state index contributed by atoms with van der Waals surface area (Å²) in [5, 5.41) is 0.700. The number of nitrogens with two attached hydrogens (primary N) is 1. The van der Waals surface area contributed by atoms with Gasteiger partial charge in [-0.1, -0.05) is 11.6 Å². The minimum atomic E-state index is -0.0704. The summed E-state index contributed by atoms with van der Waals surface area (Å²) in [5.41, 5.74) is 7.40. The predicted octanol–water partition coefficient (Wildman–Crippen LogP) is 2.33. The molecule has 2 atom stereocenters. The SMILES string of the molecule is COc1ccc(Cl)cc1CC(N)C1CN(C(C)C)CCO1. The summed E-state index contributed by atoms with van der Waals surface area (Å²) in [6, 6.07) is 6.08. The molecule has 21 heavy (non-hydrogen) atoms. The molecule has 2 unspecified atom stereocenters. The zero-order valence-corrected chi connectivity index (χ0v) is 13.8. The fourth-order valence-electron chi connectivity index (χ4n) is 2.72. The van der Waals surface area contributed by atoms with Crippen LogP contribution in [0.3, 0.4) is 0 Å². The van der Waals surface area contributed by atoms with Crippen LogP contribution in [-0.4, -0.2) is 49.9 Å². The third kappa shape index (κ3) is 4.33. The molecule has 0 aliphatic carbocycles. The van der Waals surface area contributed by atoms with Crippen molar-refractivity contribution in [1.29, 1.82) is 0 Å². The number of hydrogen-bond donors (Lipinski definition) is 1. The van der Waals surface area contributed by atoms with E-state index in [4.69, 9.17) is 26.8 Å². The minimum Gasteiger partial charge on any atom is -0.496 e. The van der Waals surface area contributed by atoms with E-state index < -0.39 is 0 Å². The molecule has 1 aliphatic rings. The first-order chi connectivity index (χ1) is 10.0. The van der Waals surface area contributed by atoms with Crippen molar-refractivity contribution in [2.24, 2.45) is 5.73 Å². The van der Waals surface area contributed by atoms with Gasteiger partial charge in [-0.15, -0.1) is 0 Å². The lowest BCUT2D eigenvalue weighted by molar-refractivity contribution is -0.0495. The summed E-state index contributed by atoms with van der Waals surface area (Å²) < 4.78 is 11.2. The second-order valence-electron chi connectivity index (χ2n) is 5.82. The fraction of sp³-hybridized carbons (Fsp3) is 0.625. The van der Waals surface area contributed by atoms with E-state index in [-0.39, 0.29) is 12.1 Å². The molecule has 1 aromatic carbocycles. The summed E-state index contributed by atoms with van der Waals surface area (Å²) >= 11 is 6.07. The molecule has 2 rings (SSSR count). The van der Waals surface area contributed by atoms with Crippen LogP contribution in [0.5, 0.6) is 5.75 Å². The number of morpholine rings is 1. The van der Waals surface area contributed by atoms with Gasteiger partial charge >= 0.3 is 0 Å². The van der Waals surface area contributed by atoms with Gasteiger partial charge in [-0.2, -0.15) is 0 Å². The largest absolute Gasteiger partial charge is 0.496 e. The number of halogens is 1. The van der Waals surface area contributed by atoms with Gasteiger partial charge < -0.3 is 15.2 Å². The van der Waals surface area contributed by atoms with Crippen molar-refractivity contribution in [3.63, 3.8) is 0 Å². The molecule has 4 nitrogen and oxygen atoms in total. The zero-order valence-electron chi connectivity index (χ0n) is 13.0. The van der Waals surface area contributed by atoms with Gasteiger partial charge in [-0.3, -0.25) is 4.90 Å². The molecule has 0 saturated carbocycles. The molecular formula is C16H25ClN2O2. The Hall–Kier alpha value is -0.810. The van der Waals surface area contributed by atoms with E-state index in [1.165, 1.54) is 0 Å². The van der Waals surface area contributed by atoms with Crippen LogP contribution in [0.2, 0.25) is 5.02 Å². The van der Waals surface area contributed by atoms with Gasteiger partial charge in [0.2, 0.25) is 0 Å². The first-order valence-corrected chi connectivity index (χ1v) is 7.82. The second-order valence-corrected chi connectivity index (χ2v) is 6.26. The summed E-state index contributed by atoms with van der Waals surface area (Å²) in [4.78, 5) is 2.41. The van der Waals surface area contributed by atoms with E-state index in [9.17, 15) is 0 Å². The number of nitrogens with zero attached hydrogens (tertiary/aromatic N) is 1. The van der Waals surface area contributed by atoms with Crippen molar-refractivity contribution in [2.75, 3.05) is 26.8 Å².